The van der Waals surface area contributed by atoms with Gasteiger partial charge >= 0.3 is 0 Å². The third-order valence-corrected chi connectivity index (χ3v) is 3.96. The van der Waals surface area contributed by atoms with Crippen LogP contribution in [0, 0.1) is 0 Å². The maximum Gasteiger partial charge on any atom is 0.283 e. The van der Waals surface area contributed by atoms with E-state index in [0.29, 0.717) is 16.7 Å². The molecule has 0 spiro atoms. The zero-order chi connectivity index (χ0) is 13.1. The van der Waals surface area contributed by atoms with Gasteiger partial charge in [0.15, 0.2) is 0 Å². The number of halogens is 1. The smallest absolute Gasteiger partial charge is 0.283 e. The van der Waals surface area contributed by atoms with Crippen LogP contribution in [-0.4, -0.2) is 21.9 Å². The van der Waals surface area contributed by atoms with E-state index in [1.165, 1.54) is 4.68 Å². The normalized spacial score (nSPS) is 23.0. The van der Waals surface area contributed by atoms with E-state index in [1.54, 1.807) is 12.3 Å². The lowest BCUT2D eigenvalue weighted by molar-refractivity contribution is 0.626. The summed E-state index contributed by atoms with van der Waals surface area (Å²) in [7, 11) is 0. The molecule has 2 unspecified atom stereocenters. The fraction of sp³-hybridized carbons (Fsp3) is 0.500. The van der Waals surface area contributed by atoms with E-state index < -0.39 is 0 Å². The Morgan fingerprint density at radius 2 is 2.44 bits per heavy atom. The van der Waals surface area contributed by atoms with E-state index in [0.717, 1.165) is 19.3 Å². The van der Waals surface area contributed by atoms with Gasteiger partial charge in [0.1, 0.15) is 4.47 Å². The predicted octanol–water partition coefficient (Wildman–Crippen LogP) is 1.48. The Morgan fingerprint density at radius 1 is 1.67 bits per heavy atom. The second kappa shape index (κ2) is 5.67. The van der Waals surface area contributed by atoms with E-state index in [9.17, 15) is 4.79 Å². The molecule has 0 bridgehead atoms. The molecule has 98 valence electrons. The first-order chi connectivity index (χ1) is 8.63. The van der Waals surface area contributed by atoms with Gasteiger partial charge in [-0.3, -0.25) is 4.79 Å². The van der Waals surface area contributed by atoms with Gasteiger partial charge in [0.2, 0.25) is 0 Å². The van der Waals surface area contributed by atoms with Gasteiger partial charge in [-0.15, -0.1) is 6.58 Å². The number of hydrogen-bond donors (Lipinski definition) is 2. The van der Waals surface area contributed by atoms with Gasteiger partial charge in [0.05, 0.1) is 18.4 Å². The molecule has 1 aromatic heterocycles. The van der Waals surface area contributed by atoms with Crippen LogP contribution >= 0.6 is 15.9 Å². The van der Waals surface area contributed by atoms with E-state index in [1.807, 2.05) is 0 Å². The molecule has 0 saturated heterocycles. The zero-order valence-electron chi connectivity index (χ0n) is 10.1. The Morgan fingerprint density at radius 3 is 3.06 bits per heavy atom. The molecular formula is C12H17BrN4O. The fourth-order valence-electron chi connectivity index (χ4n) is 2.19. The molecule has 0 aromatic carbocycles. The highest BCUT2D eigenvalue weighted by molar-refractivity contribution is 9.10. The van der Waals surface area contributed by atoms with Crippen LogP contribution in [0.25, 0.3) is 0 Å². The Hall–Kier alpha value is -1.14. The Bertz CT molecular complexity index is 499. The predicted molar refractivity (Wildman–Crippen MR) is 75.6 cm³/mol. The molecule has 18 heavy (non-hydrogen) atoms. The summed E-state index contributed by atoms with van der Waals surface area (Å²) in [6.45, 7) is 4.00. The molecule has 2 rings (SSSR count). The van der Waals surface area contributed by atoms with Gasteiger partial charge in [-0.2, -0.15) is 5.10 Å². The van der Waals surface area contributed by atoms with E-state index in [2.05, 4.69) is 32.9 Å². The molecule has 5 nitrogen and oxygen atoms in total. The van der Waals surface area contributed by atoms with Crippen molar-refractivity contribution in [2.24, 2.45) is 5.73 Å². The van der Waals surface area contributed by atoms with Crippen molar-refractivity contribution in [2.75, 3.05) is 5.32 Å². The van der Waals surface area contributed by atoms with Gasteiger partial charge in [0, 0.05) is 12.1 Å². The van der Waals surface area contributed by atoms with E-state index >= 15 is 0 Å². The van der Waals surface area contributed by atoms with Crippen molar-refractivity contribution in [1.82, 2.24) is 9.78 Å². The van der Waals surface area contributed by atoms with Gasteiger partial charge < -0.3 is 11.1 Å². The lowest BCUT2D eigenvalue weighted by Crippen LogP contribution is -2.36. The monoisotopic (exact) mass is 312 g/mol. The lowest BCUT2D eigenvalue weighted by atomic mass is 10.2. The first-order valence-electron chi connectivity index (χ1n) is 6.02. The molecular weight excluding hydrogens is 296 g/mol. The fourth-order valence-corrected chi connectivity index (χ4v) is 2.61. The summed E-state index contributed by atoms with van der Waals surface area (Å²) in [5.41, 5.74) is 6.55. The van der Waals surface area contributed by atoms with Gasteiger partial charge in [-0.25, -0.2) is 4.68 Å². The van der Waals surface area contributed by atoms with Crippen molar-refractivity contribution in [3.63, 3.8) is 0 Å². The maximum atomic E-state index is 12.0. The quantitative estimate of drug-likeness (QED) is 0.826. The molecule has 6 heteroatoms. The van der Waals surface area contributed by atoms with Crippen molar-refractivity contribution < 1.29 is 0 Å². The Labute approximate surface area is 114 Å². The van der Waals surface area contributed by atoms with E-state index in [4.69, 9.17) is 5.73 Å². The zero-order valence-corrected chi connectivity index (χ0v) is 11.7. The minimum absolute atomic E-state index is 0.146. The summed E-state index contributed by atoms with van der Waals surface area (Å²) in [6.07, 6.45) is 6.47. The number of aromatic nitrogens is 2. The number of anilines is 1. The average Bonchev–Trinajstić information content (AvgIpc) is 2.75. The van der Waals surface area contributed by atoms with Crippen LogP contribution in [0.5, 0.6) is 0 Å². The summed E-state index contributed by atoms with van der Waals surface area (Å²) >= 11 is 3.32. The number of nitrogens with zero attached hydrogens (tertiary/aromatic N) is 2. The molecule has 0 amide bonds. The summed E-state index contributed by atoms with van der Waals surface area (Å²) in [6, 6.07) is 0.366. The molecule has 1 fully saturated rings. The molecule has 3 N–H and O–H groups in total. The van der Waals surface area contributed by atoms with Gasteiger partial charge in [-0.05, 0) is 35.2 Å². The molecule has 2 atom stereocenters. The molecule has 1 saturated carbocycles. The SMILES string of the molecule is C=CCn1ncc(NC2CCCC2N)c(Br)c1=O. The number of allylic oxidation sites excluding steroid dienone is 1. The van der Waals surface area contributed by atoms with Gasteiger partial charge in [0.25, 0.3) is 5.56 Å². The molecule has 0 radical (unpaired) electrons. The van der Waals surface area contributed by atoms with Crippen molar-refractivity contribution in [2.45, 2.75) is 37.9 Å². The van der Waals surface area contributed by atoms with Crippen LogP contribution < -0.4 is 16.6 Å². The topological polar surface area (TPSA) is 72.9 Å². The highest BCUT2D eigenvalue weighted by Gasteiger charge is 2.24. The van der Waals surface area contributed by atoms with Gasteiger partial charge in [-0.1, -0.05) is 6.08 Å². The lowest BCUT2D eigenvalue weighted by Gasteiger charge is -2.19. The van der Waals surface area contributed by atoms with Crippen LogP contribution in [0.1, 0.15) is 19.3 Å². The maximum absolute atomic E-state index is 12.0. The number of hydrogen-bond acceptors (Lipinski definition) is 4. The summed E-state index contributed by atoms with van der Waals surface area (Å²) in [5.74, 6) is 0. The standard InChI is InChI=1S/C12H17BrN4O/c1-2-6-17-12(18)11(13)10(7-15-17)16-9-5-3-4-8(9)14/h2,7-9,16H,1,3-6,14H2. The molecule has 0 aliphatic heterocycles. The van der Waals surface area contributed by atoms with Crippen LogP contribution in [0.4, 0.5) is 5.69 Å². The average molecular weight is 313 g/mol. The summed E-state index contributed by atoms with van der Waals surface area (Å²) < 4.78 is 1.86. The number of nitrogens with one attached hydrogen (secondary N) is 1. The largest absolute Gasteiger partial charge is 0.378 e. The van der Waals surface area contributed by atoms with E-state index in [-0.39, 0.29) is 17.6 Å². The molecule has 1 aromatic rings. The van der Waals surface area contributed by atoms with Crippen LogP contribution in [0.3, 0.4) is 0 Å². The van der Waals surface area contributed by atoms with Crippen molar-refractivity contribution in [3.05, 3.63) is 33.7 Å². The van der Waals surface area contributed by atoms with Crippen LogP contribution in [-0.2, 0) is 6.54 Å². The Balaban J connectivity index is 2.21. The van der Waals surface area contributed by atoms with Crippen molar-refractivity contribution >= 4 is 21.6 Å². The summed E-state index contributed by atoms with van der Waals surface area (Å²) in [5, 5.41) is 7.39. The number of nitrogens with two attached hydrogens (primary N) is 1. The second-order valence-corrected chi connectivity index (χ2v) is 5.29. The Kier molecular flexibility index (Phi) is 4.19. The minimum Gasteiger partial charge on any atom is -0.378 e. The summed E-state index contributed by atoms with van der Waals surface area (Å²) in [4.78, 5) is 12.0. The highest BCUT2D eigenvalue weighted by Crippen LogP contribution is 2.24. The van der Waals surface area contributed by atoms with Crippen LogP contribution in [0.2, 0.25) is 0 Å². The molecule has 1 aliphatic rings. The minimum atomic E-state index is -0.161. The first kappa shape index (κ1) is 13.3. The van der Waals surface area contributed by atoms with Crippen LogP contribution in [0.15, 0.2) is 28.1 Å². The molecule has 1 aliphatic carbocycles. The third kappa shape index (κ3) is 2.64. The second-order valence-electron chi connectivity index (χ2n) is 4.49. The first-order valence-corrected chi connectivity index (χ1v) is 6.81. The van der Waals surface area contributed by atoms with Crippen molar-refractivity contribution in [3.8, 4) is 0 Å². The number of rotatable bonds is 4. The van der Waals surface area contributed by atoms with Crippen molar-refractivity contribution in [1.29, 1.82) is 0 Å². The third-order valence-electron chi connectivity index (χ3n) is 3.20. The molecule has 1 heterocycles. The highest BCUT2D eigenvalue weighted by atomic mass is 79.9.